The van der Waals surface area contributed by atoms with Crippen LogP contribution in [0.25, 0.3) is 6.08 Å². The van der Waals surface area contributed by atoms with E-state index < -0.39 is 0 Å². The van der Waals surface area contributed by atoms with Crippen molar-refractivity contribution in [2.75, 3.05) is 27.4 Å². The maximum Gasteiger partial charge on any atom is 0.286 e. The Bertz CT molecular complexity index is 927. The molecule has 0 saturated carbocycles. The van der Waals surface area contributed by atoms with E-state index in [2.05, 4.69) is 4.99 Å². The summed E-state index contributed by atoms with van der Waals surface area (Å²) >= 11 is 1.15. The van der Waals surface area contributed by atoms with Gasteiger partial charge in [0.05, 0.1) is 19.1 Å². The molecule has 1 aliphatic heterocycles. The molecule has 2 aromatic carbocycles. The maximum absolute atomic E-state index is 11.7. The first kappa shape index (κ1) is 19.6. The van der Waals surface area contributed by atoms with Gasteiger partial charge in [-0.1, -0.05) is 12.1 Å². The van der Waals surface area contributed by atoms with E-state index >= 15 is 0 Å². The number of hydrogen-bond acceptors (Lipinski definition) is 7. The summed E-state index contributed by atoms with van der Waals surface area (Å²) in [6.45, 7) is 0.705. The van der Waals surface area contributed by atoms with Gasteiger partial charge in [-0.15, -0.1) is 0 Å². The summed E-state index contributed by atoms with van der Waals surface area (Å²) in [4.78, 5) is 15.9. The SMILES string of the molecule is COc1cccc(OCCOc2ccc(/C=C3\SC(N)=NC3=O)cc2OC)c1. The summed E-state index contributed by atoms with van der Waals surface area (Å²) in [5.41, 5.74) is 6.35. The first-order valence-corrected chi connectivity index (χ1v) is 9.26. The molecule has 0 aromatic heterocycles. The highest BCUT2D eigenvalue weighted by Crippen LogP contribution is 2.31. The average Bonchev–Trinajstić information content (AvgIpc) is 3.02. The zero-order chi connectivity index (χ0) is 19.9. The zero-order valence-corrected chi connectivity index (χ0v) is 16.3. The second-order valence-corrected chi connectivity index (χ2v) is 6.71. The smallest absolute Gasteiger partial charge is 0.286 e. The first-order chi connectivity index (χ1) is 13.6. The Labute approximate surface area is 167 Å². The van der Waals surface area contributed by atoms with E-state index in [1.807, 2.05) is 30.3 Å². The minimum Gasteiger partial charge on any atom is -0.497 e. The van der Waals surface area contributed by atoms with E-state index in [1.54, 1.807) is 32.4 Å². The second kappa shape index (κ2) is 9.18. The van der Waals surface area contributed by atoms with Gasteiger partial charge < -0.3 is 24.7 Å². The molecule has 2 N–H and O–H groups in total. The molecular weight excluding hydrogens is 380 g/mol. The lowest BCUT2D eigenvalue weighted by atomic mass is 10.2. The van der Waals surface area contributed by atoms with Crippen molar-refractivity contribution in [2.24, 2.45) is 10.7 Å². The predicted molar refractivity (Wildman–Crippen MR) is 109 cm³/mol. The van der Waals surface area contributed by atoms with Crippen molar-refractivity contribution in [2.45, 2.75) is 0 Å². The largest absolute Gasteiger partial charge is 0.497 e. The molecule has 2 aromatic rings. The fourth-order valence-electron chi connectivity index (χ4n) is 2.47. The molecule has 0 radical (unpaired) electrons. The number of aliphatic imine (C=N–C) groups is 1. The summed E-state index contributed by atoms with van der Waals surface area (Å²) in [6, 6.07) is 12.8. The van der Waals surface area contributed by atoms with Gasteiger partial charge >= 0.3 is 0 Å². The molecule has 0 unspecified atom stereocenters. The number of nitrogens with two attached hydrogens (primary N) is 1. The van der Waals surface area contributed by atoms with Crippen molar-refractivity contribution in [3.05, 3.63) is 52.9 Å². The lowest BCUT2D eigenvalue weighted by Gasteiger charge is -2.12. The van der Waals surface area contributed by atoms with Gasteiger partial charge in [0, 0.05) is 6.07 Å². The van der Waals surface area contributed by atoms with Crippen molar-refractivity contribution in [1.29, 1.82) is 0 Å². The van der Waals surface area contributed by atoms with Gasteiger partial charge in [-0.2, -0.15) is 4.99 Å². The third-order valence-electron chi connectivity index (χ3n) is 3.77. The number of carbonyl (C=O) groups excluding carboxylic acids is 1. The molecule has 0 bridgehead atoms. The van der Waals surface area contributed by atoms with Crippen LogP contribution in [0.15, 0.2) is 52.4 Å². The van der Waals surface area contributed by atoms with E-state index in [1.165, 1.54) is 0 Å². The topological polar surface area (TPSA) is 92.4 Å². The highest BCUT2D eigenvalue weighted by atomic mass is 32.2. The Hall–Kier alpha value is -3.13. The molecule has 0 aliphatic carbocycles. The number of benzene rings is 2. The fourth-order valence-corrected chi connectivity index (χ4v) is 3.15. The molecule has 1 aliphatic rings. The fraction of sp³-hybridized carbons (Fsp3) is 0.200. The number of amides is 1. The third kappa shape index (κ3) is 4.98. The number of hydrogen-bond donors (Lipinski definition) is 1. The van der Waals surface area contributed by atoms with Gasteiger partial charge in [0.2, 0.25) is 0 Å². The summed E-state index contributed by atoms with van der Waals surface area (Å²) < 4.78 is 22.0. The lowest BCUT2D eigenvalue weighted by Crippen LogP contribution is -2.09. The van der Waals surface area contributed by atoms with E-state index in [0.717, 1.165) is 23.1 Å². The van der Waals surface area contributed by atoms with Crippen LogP contribution < -0.4 is 24.7 Å². The minimum atomic E-state index is -0.337. The molecule has 0 atom stereocenters. The van der Waals surface area contributed by atoms with Crippen LogP contribution in [0.5, 0.6) is 23.0 Å². The quantitative estimate of drug-likeness (QED) is 0.538. The monoisotopic (exact) mass is 400 g/mol. The highest BCUT2D eigenvalue weighted by Gasteiger charge is 2.19. The van der Waals surface area contributed by atoms with Crippen LogP contribution in [0.3, 0.4) is 0 Å². The second-order valence-electron chi connectivity index (χ2n) is 5.65. The Morgan fingerprint density at radius 2 is 1.79 bits per heavy atom. The van der Waals surface area contributed by atoms with Gasteiger partial charge in [-0.25, -0.2) is 0 Å². The van der Waals surface area contributed by atoms with Gasteiger partial charge in [0.15, 0.2) is 16.7 Å². The normalized spacial score (nSPS) is 14.7. The number of amidine groups is 1. The number of ether oxygens (including phenoxy) is 4. The molecule has 1 amide bonds. The number of rotatable bonds is 8. The third-order valence-corrected chi connectivity index (χ3v) is 4.59. The minimum absolute atomic E-state index is 0.249. The highest BCUT2D eigenvalue weighted by molar-refractivity contribution is 8.18. The predicted octanol–water partition coefficient (Wildman–Crippen LogP) is 3.09. The number of carbonyl (C=O) groups is 1. The Morgan fingerprint density at radius 1 is 1.00 bits per heavy atom. The summed E-state index contributed by atoms with van der Waals surface area (Å²) in [7, 11) is 3.17. The Morgan fingerprint density at radius 3 is 2.50 bits per heavy atom. The molecule has 8 heteroatoms. The van der Waals surface area contributed by atoms with Crippen LogP contribution in [0.1, 0.15) is 5.56 Å². The summed E-state index contributed by atoms with van der Waals surface area (Å²) in [5, 5.41) is 0.249. The van der Waals surface area contributed by atoms with Crippen molar-refractivity contribution in [3.8, 4) is 23.0 Å². The molecule has 7 nitrogen and oxygen atoms in total. The molecule has 3 rings (SSSR count). The molecule has 1 heterocycles. The van der Waals surface area contributed by atoms with Crippen LogP contribution in [0.4, 0.5) is 0 Å². The molecule has 0 saturated heterocycles. The van der Waals surface area contributed by atoms with Crippen LogP contribution in [-0.2, 0) is 4.79 Å². The summed E-state index contributed by atoms with van der Waals surface area (Å²) in [5.74, 6) is 2.24. The van der Waals surface area contributed by atoms with Crippen molar-refractivity contribution in [1.82, 2.24) is 0 Å². The molecule has 28 heavy (non-hydrogen) atoms. The zero-order valence-electron chi connectivity index (χ0n) is 15.5. The Kier molecular flexibility index (Phi) is 6.44. The molecule has 146 valence electrons. The maximum atomic E-state index is 11.7. The average molecular weight is 400 g/mol. The van der Waals surface area contributed by atoms with Gasteiger partial charge in [0.1, 0.15) is 24.7 Å². The van der Waals surface area contributed by atoms with Crippen molar-refractivity contribution < 1.29 is 23.7 Å². The number of nitrogens with zero attached hydrogens (tertiary/aromatic N) is 1. The number of thioether (sulfide) groups is 1. The molecule has 0 fully saturated rings. The van der Waals surface area contributed by atoms with Crippen LogP contribution >= 0.6 is 11.8 Å². The van der Waals surface area contributed by atoms with Gasteiger partial charge in [-0.3, -0.25) is 4.79 Å². The molecular formula is C20H20N2O5S. The molecule has 0 spiro atoms. The standard InChI is InChI=1S/C20H20N2O5S/c1-24-14-4-3-5-15(12-14)26-8-9-27-16-7-6-13(10-17(16)25-2)11-18-19(23)22-20(21)28-18/h3-7,10-12H,8-9H2,1-2H3,(H2,21,22,23)/b18-11-. The van der Waals surface area contributed by atoms with Crippen LogP contribution in [-0.4, -0.2) is 38.5 Å². The van der Waals surface area contributed by atoms with E-state index in [9.17, 15) is 4.79 Å². The van der Waals surface area contributed by atoms with Crippen LogP contribution in [0.2, 0.25) is 0 Å². The van der Waals surface area contributed by atoms with E-state index in [4.69, 9.17) is 24.7 Å². The lowest BCUT2D eigenvalue weighted by molar-refractivity contribution is -0.113. The summed E-state index contributed by atoms with van der Waals surface area (Å²) in [6.07, 6.45) is 1.72. The van der Waals surface area contributed by atoms with Crippen molar-refractivity contribution in [3.63, 3.8) is 0 Å². The Balaban J connectivity index is 1.58. The number of methoxy groups -OCH3 is 2. The van der Waals surface area contributed by atoms with Gasteiger partial charge in [-0.05, 0) is 47.7 Å². The van der Waals surface area contributed by atoms with E-state index in [-0.39, 0.29) is 11.1 Å². The van der Waals surface area contributed by atoms with Crippen molar-refractivity contribution >= 4 is 28.9 Å². The van der Waals surface area contributed by atoms with Gasteiger partial charge in [0.25, 0.3) is 5.91 Å². The first-order valence-electron chi connectivity index (χ1n) is 8.45. The van der Waals surface area contributed by atoms with E-state index in [0.29, 0.717) is 35.4 Å². The van der Waals surface area contributed by atoms with Crippen LogP contribution in [0, 0.1) is 0 Å².